The Labute approximate surface area is 261 Å². The summed E-state index contributed by atoms with van der Waals surface area (Å²) >= 11 is 0. The van der Waals surface area contributed by atoms with Crippen LogP contribution in [-0.2, 0) is 6.18 Å². The standard InChI is InChI=1S/C32H8F11N5/c1-10-3-12(5-44)4-11(2)17(10)13(6-45)18-19(14(7-46)21-26(35)24(33)16(9-48)25(34)27(21)36)20(18)15(8-47)22-28(37)30(39)23(32(41,42)43)31(40)29(22)38/h3-4H,1-2H3/b18-13+,19-14-,20-15?. The largest absolute Gasteiger partial charge is 0.422 e. The Balaban J connectivity index is 2.33. The molecule has 4 rings (SSSR count). The molecule has 1 aliphatic rings. The first-order valence-corrected chi connectivity index (χ1v) is 12.6. The maximum Gasteiger partial charge on any atom is 0.422 e. The first kappa shape index (κ1) is 34.4. The number of allylic oxidation sites excluding steroid dienone is 6. The predicted molar refractivity (Wildman–Crippen MR) is 140 cm³/mol. The summed E-state index contributed by atoms with van der Waals surface area (Å²) in [6, 6.07) is 8.98. The third kappa shape index (κ3) is 5.08. The molecule has 0 radical (unpaired) electrons. The summed E-state index contributed by atoms with van der Waals surface area (Å²) in [6.45, 7) is 2.66. The highest BCUT2D eigenvalue weighted by molar-refractivity contribution is 6.12. The Morgan fingerprint density at radius 1 is 0.500 bits per heavy atom. The smallest absolute Gasteiger partial charge is 0.203 e. The van der Waals surface area contributed by atoms with Crippen molar-refractivity contribution in [2.45, 2.75) is 20.0 Å². The second-order valence-electron chi connectivity index (χ2n) is 9.80. The molecule has 1 saturated carbocycles. The summed E-state index contributed by atoms with van der Waals surface area (Å²) in [5.41, 5.74) is -15.2. The van der Waals surface area contributed by atoms with E-state index in [0.717, 1.165) is 12.1 Å². The highest BCUT2D eigenvalue weighted by atomic mass is 19.4. The lowest BCUT2D eigenvalue weighted by atomic mass is 9.93. The molecule has 0 N–H and O–H groups in total. The van der Waals surface area contributed by atoms with E-state index < -0.39 is 108 Å². The van der Waals surface area contributed by atoms with Crippen LogP contribution in [0.1, 0.15) is 44.5 Å². The zero-order chi connectivity index (χ0) is 36.2. The van der Waals surface area contributed by atoms with Crippen molar-refractivity contribution < 1.29 is 48.3 Å². The molecule has 0 bridgehead atoms. The van der Waals surface area contributed by atoms with Crippen molar-refractivity contribution in [3.63, 3.8) is 0 Å². The normalized spacial score (nSPS) is 15.4. The summed E-state index contributed by atoms with van der Waals surface area (Å²) < 4.78 is 159. The lowest BCUT2D eigenvalue weighted by Crippen LogP contribution is -2.17. The quantitative estimate of drug-likeness (QED) is 0.157. The van der Waals surface area contributed by atoms with Crippen LogP contribution < -0.4 is 0 Å². The summed E-state index contributed by atoms with van der Waals surface area (Å²) in [5.74, 6) is -20.9. The van der Waals surface area contributed by atoms with Crippen LogP contribution in [0.15, 0.2) is 28.9 Å². The van der Waals surface area contributed by atoms with Gasteiger partial charge in [-0.2, -0.15) is 39.5 Å². The molecule has 238 valence electrons. The number of nitrogens with zero attached hydrogens (tertiary/aromatic N) is 5. The van der Waals surface area contributed by atoms with E-state index in [1.807, 2.05) is 6.07 Å². The van der Waals surface area contributed by atoms with Crippen molar-refractivity contribution in [1.29, 1.82) is 26.3 Å². The molecule has 3 aromatic rings. The van der Waals surface area contributed by atoms with Crippen LogP contribution in [-0.4, -0.2) is 0 Å². The van der Waals surface area contributed by atoms with Gasteiger partial charge in [0.05, 0.1) is 39.5 Å². The van der Waals surface area contributed by atoms with Crippen LogP contribution in [0.3, 0.4) is 0 Å². The van der Waals surface area contributed by atoms with E-state index in [4.69, 9.17) is 5.26 Å². The first-order chi connectivity index (χ1) is 22.4. The molecule has 1 fully saturated rings. The summed E-state index contributed by atoms with van der Waals surface area (Å²) in [4.78, 5) is 0. The van der Waals surface area contributed by atoms with Gasteiger partial charge in [-0.25, -0.2) is 35.1 Å². The van der Waals surface area contributed by atoms with Gasteiger partial charge in [0.2, 0.25) is 0 Å². The Kier molecular flexibility index (Phi) is 8.65. The monoisotopic (exact) mass is 671 g/mol. The number of alkyl halides is 3. The SMILES string of the molecule is Cc1cc(C#N)cc(C)c1/C(C#N)=C1/C(=C(C#N)c2c(F)c(F)c(C(F)(F)F)c(F)c2F)/C1=C(/C#N)c1c(F)c(F)c(C#N)c(F)c1F. The van der Waals surface area contributed by atoms with Gasteiger partial charge in [-0.1, -0.05) is 0 Å². The zero-order valence-electron chi connectivity index (χ0n) is 23.5. The van der Waals surface area contributed by atoms with E-state index in [0.29, 0.717) is 0 Å². The van der Waals surface area contributed by atoms with Crippen LogP contribution in [0, 0.1) is 117 Å². The molecule has 0 spiro atoms. The van der Waals surface area contributed by atoms with E-state index in [9.17, 15) is 51.8 Å². The minimum Gasteiger partial charge on any atom is -0.203 e. The number of benzene rings is 3. The molecule has 0 aromatic heterocycles. The van der Waals surface area contributed by atoms with E-state index in [2.05, 4.69) is 0 Å². The molecule has 3 aromatic carbocycles. The average Bonchev–Trinajstić information content (AvgIpc) is 3.74. The van der Waals surface area contributed by atoms with E-state index in [1.54, 1.807) is 6.07 Å². The van der Waals surface area contributed by atoms with Gasteiger partial charge >= 0.3 is 6.18 Å². The second kappa shape index (κ2) is 12.1. The summed E-state index contributed by atoms with van der Waals surface area (Å²) in [5, 5.41) is 48.2. The average molecular weight is 671 g/mol. The summed E-state index contributed by atoms with van der Waals surface area (Å²) in [6.07, 6.45) is -5.99. The number of hydrogen-bond acceptors (Lipinski definition) is 5. The van der Waals surface area contributed by atoms with Crippen LogP contribution in [0.4, 0.5) is 48.3 Å². The predicted octanol–water partition coefficient (Wildman–Crippen LogP) is 8.42. The van der Waals surface area contributed by atoms with Gasteiger partial charge in [-0.3, -0.25) is 0 Å². The minimum atomic E-state index is -5.99. The molecule has 48 heavy (non-hydrogen) atoms. The van der Waals surface area contributed by atoms with Crippen LogP contribution in [0.2, 0.25) is 0 Å². The first-order valence-electron chi connectivity index (χ1n) is 12.6. The van der Waals surface area contributed by atoms with Crippen molar-refractivity contribution in [3.05, 3.63) is 120 Å². The van der Waals surface area contributed by atoms with E-state index in [1.165, 1.54) is 32.0 Å². The Morgan fingerprint density at radius 3 is 1.12 bits per heavy atom. The zero-order valence-corrected chi connectivity index (χ0v) is 23.5. The summed E-state index contributed by atoms with van der Waals surface area (Å²) in [7, 11) is 0. The molecule has 1 aliphatic carbocycles. The number of hydrogen-bond donors (Lipinski definition) is 0. The lowest BCUT2D eigenvalue weighted by molar-refractivity contribution is -0.143. The Bertz CT molecular complexity index is 2250. The van der Waals surface area contributed by atoms with E-state index >= 15 is 17.6 Å². The van der Waals surface area contributed by atoms with Crippen molar-refractivity contribution in [2.24, 2.45) is 0 Å². The number of rotatable bonds is 3. The number of halogens is 11. The Hall–Kier alpha value is -6.44. The van der Waals surface area contributed by atoms with Crippen molar-refractivity contribution in [3.8, 4) is 30.3 Å². The van der Waals surface area contributed by atoms with Gasteiger partial charge in [0.15, 0.2) is 46.5 Å². The molecule has 0 amide bonds. The van der Waals surface area contributed by atoms with Crippen molar-refractivity contribution in [2.75, 3.05) is 0 Å². The fourth-order valence-electron chi connectivity index (χ4n) is 5.12. The van der Waals surface area contributed by atoms with Gasteiger partial charge in [0.1, 0.15) is 35.4 Å². The fourth-order valence-corrected chi connectivity index (χ4v) is 5.12. The third-order valence-corrected chi connectivity index (χ3v) is 7.11. The molecule has 16 heteroatoms. The number of aryl methyl sites for hydroxylation is 2. The fraction of sp³-hybridized carbons (Fsp3) is 0.0938. The maximum atomic E-state index is 15.1. The van der Waals surface area contributed by atoms with Crippen LogP contribution >= 0.6 is 0 Å². The van der Waals surface area contributed by atoms with Crippen LogP contribution in [0.5, 0.6) is 0 Å². The van der Waals surface area contributed by atoms with Crippen molar-refractivity contribution >= 4 is 16.7 Å². The molecule has 0 unspecified atom stereocenters. The van der Waals surface area contributed by atoms with Gasteiger partial charge < -0.3 is 0 Å². The molecule has 0 heterocycles. The molecular weight excluding hydrogens is 663 g/mol. The molecule has 0 aliphatic heterocycles. The molecule has 0 atom stereocenters. The van der Waals surface area contributed by atoms with E-state index in [-0.39, 0.29) is 22.3 Å². The highest BCUT2D eigenvalue weighted by Gasteiger charge is 2.47. The number of nitriles is 5. The minimum absolute atomic E-state index is 0.0429. The third-order valence-electron chi connectivity index (χ3n) is 7.11. The van der Waals surface area contributed by atoms with Gasteiger partial charge in [-0.15, -0.1) is 0 Å². The maximum absolute atomic E-state index is 15.1. The van der Waals surface area contributed by atoms with Crippen molar-refractivity contribution in [1.82, 2.24) is 0 Å². The topological polar surface area (TPSA) is 119 Å². The molecule has 0 saturated heterocycles. The van der Waals surface area contributed by atoms with Gasteiger partial charge in [0, 0.05) is 16.7 Å². The highest BCUT2D eigenvalue weighted by Crippen LogP contribution is 2.57. The second-order valence-corrected chi connectivity index (χ2v) is 9.80. The molecular formula is C32H8F11N5. The van der Waals surface area contributed by atoms with Gasteiger partial charge in [-0.05, 0) is 42.7 Å². The lowest BCUT2D eigenvalue weighted by Gasteiger charge is -2.13. The van der Waals surface area contributed by atoms with Crippen LogP contribution in [0.25, 0.3) is 16.7 Å². The molecule has 5 nitrogen and oxygen atoms in total. The van der Waals surface area contributed by atoms with Gasteiger partial charge in [0.25, 0.3) is 0 Å². The Morgan fingerprint density at radius 2 is 0.833 bits per heavy atom.